The summed E-state index contributed by atoms with van der Waals surface area (Å²) in [6.07, 6.45) is -0.776. The molecule has 1 atom stereocenters. The molecule has 0 bridgehead atoms. The van der Waals surface area contributed by atoms with E-state index in [1.165, 1.54) is 26.2 Å². The molecule has 0 radical (unpaired) electrons. The van der Waals surface area contributed by atoms with Crippen molar-refractivity contribution in [1.82, 2.24) is 0 Å². The quantitative estimate of drug-likeness (QED) is 0.802. The summed E-state index contributed by atoms with van der Waals surface area (Å²) in [4.78, 5) is 0. The first-order valence-corrected chi connectivity index (χ1v) is 4.15. The van der Waals surface area contributed by atoms with Gasteiger partial charge in [-0.1, -0.05) is 17.7 Å². The molecule has 4 heteroatoms. The Morgan fingerprint density at radius 3 is 2.62 bits per heavy atom. The average Bonchev–Trinajstić information content (AvgIpc) is 2.09. The van der Waals surface area contributed by atoms with Gasteiger partial charge in [-0.3, -0.25) is 0 Å². The highest BCUT2D eigenvalue weighted by atomic mass is 35.5. The van der Waals surface area contributed by atoms with Gasteiger partial charge in [0.2, 0.25) is 0 Å². The first kappa shape index (κ1) is 10.3. The molecule has 0 fully saturated rings. The highest BCUT2D eigenvalue weighted by Gasteiger charge is 2.15. The average molecular weight is 205 g/mol. The third-order valence-electron chi connectivity index (χ3n) is 1.73. The summed E-state index contributed by atoms with van der Waals surface area (Å²) in [6.45, 7) is 1.53. The molecule has 13 heavy (non-hydrogen) atoms. The van der Waals surface area contributed by atoms with Gasteiger partial charge in [0, 0.05) is 5.56 Å². The minimum absolute atomic E-state index is 0.00231. The van der Waals surface area contributed by atoms with Gasteiger partial charge >= 0.3 is 0 Å². The van der Waals surface area contributed by atoms with Crippen molar-refractivity contribution >= 4 is 11.6 Å². The number of aliphatic hydroxyl groups excluding tert-OH is 1. The van der Waals surface area contributed by atoms with Crippen LogP contribution in [0.15, 0.2) is 12.1 Å². The fraction of sp³-hybridized carbons (Fsp3) is 0.333. The van der Waals surface area contributed by atoms with Crippen LogP contribution in [0, 0.1) is 5.82 Å². The summed E-state index contributed by atoms with van der Waals surface area (Å²) >= 11 is 5.53. The molecule has 0 saturated heterocycles. The van der Waals surface area contributed by atoms with Crippen LogP contribution in [0.4, 0.5) is 4.39 Å². The Morgan fingerprint density at radius 1 is 1.54 bits per heavy atom. The van der Waals surface area contributed by atoms with Crippen LogP contribution in [0.2, 0.25) is 5.02 Å². The van der Waals surface area contributed by atoms with Crippen molar-refractivity contribution in [2.75, 3.05) is 7.11 Å². The molecule has 1 N–H and O–H groups in total. The van der Waals surface area contributed by atoms with Crippen LogP contribution in [0.25, 0.3) is 0 Å². The lowest BCUT2D eigenvalue weighted by atomic mass is 10.1. The van der Waals surface area contributed by atoms with E-state index in [1.807, 2.05) is 0 Å². The third-order valence-corrected chi connectivity index (χ3v) is 2.03. The summed E-state index contributed by atoms with van der Waals surface area (Å²) in [5.74, 6) is -0.634. The molecule has 0 spiro atoms. The number of methoxy groups -OCH3 is 1. The number of aliphatic hydroxyl groups is 1. The molecule has 0 aliphatic rings. The first-order chi connectivity index (χ1) is 6.07. The molecule has 1 rings (SSSR count). The zero-order valence-electron chi connectivity index (χ0n) is 7.34. The van der Waals surface area contributed by atoms with Gasteiger partial charge in [-0.2, -0.15) is 0 Å². The molecule has 1 aromatic carbocycles. The van der Waals surface area contributed by atoms with Crippen LogP contribution in [0.1, 0.15) is 18.6 Å². The summed E-state index contributed by atoms with van der Waals surface area (Å²) in [7, 11) is 1.33. The Kier molecular flexibility index (Phi) is 3.12. The van der Waals surface area contributed by atoms with Crippen LogP contribution in [-0.2, 0) is 0 Å². The van der Waals surface area contributed by atoms with E-state index in [-0.39, 0.29) is 10.8 Å². The van der Waals surface area contributed by atoms with Crippen LogP contribution in [-0.4, -0.2) is 12.2 Å². The summed E-state index contributed by atoms with van der Waals surface area (Å²) in [5.41, 5.74) is 0.393. The van der Waals surface area contributed by atoms with E-state index in [9.17, 15) is 9.50 Å². The van der Waals surface area contributed by atoms with Crippen molar-refractivity contribution in [3.05, 3.63) is 28.5 Å². The zero-order valence-corrected chi connectivity index (χ0v) is 8.10. The Balaban J connectivity index is 3.30. The molecular formula is C9H10ClFO2. The topological polar surface area (TPSA) is 29.5 Å². The van der Waals surface area contributed by atoms with Crippen molar-refractivity contribution in [3.8, 4) is 5.75 Å². The molecule has 1 aromatic rings. The molecule has 0 amide bonds. The predicted octanol–water partition coefficient (Wildman–Crippen LogP) is 2.54. The normalized spacial score (nSPS) is 12.7. The van der Waals surface area contributed by atoms with Crippen molar-refractivity contribution < 1.29 is 14.2 Å². The van der Waals surface area contributed by atoms with Crippen LogP contribution < -0.4 is 4.74 Å². The number of hydrogen-bond acceptors (Lipinski definition) is 2. The monoisotopic (exact) mass is 204 g/mol. The summed E-state index contributed by atoms with van der Waals surface area (Å²) in [6, 6.07) is 2.93. The fourth-order valence-electron chi connectivity index (χ4n) is 1.08. The number of ether oxygens (including phenoxy) is 1. The van der Waals surface area contributed by atoms with E-state index < -0.39 is 11.9 Å². The van der Waals surface area contributed by atoms with E-state index in [4.69, 9.17) is 16.3 Å². The SMILES string of the molecule is COc1c(C(C)O)ccc(Cl)c1F. The van der Waals surface area contributed by atoms with E-state index in [1.54, 1.807) is 0 Å². The van der Waals surface area contributed by atoms with Crippen molar-refractivity contribution in [2.24, 2.45) is 0 Å². The number of rotatable bonds is 2. The Labute approximate surface area is 80.9 Å². The fourth-order valence-corrected chi connectivity index (χ4v) is 1.23. The maximum absolute atomic E-state index is 13.3. The van der Waals surface area contributed by atoms with Gasteiger partial charge in [0.05, 0.1) is 18.2 Å². The minimum atomic E-state index is -0.776. The maximum Gasteiger partial charge on any atom is 0.183 e. The Morgan fingerprint density at radius 2 is 2.15 bits per heavy atom. The molecule has 0 saturated carbocycles. The van der Waals surface area contributed by atoms with Crippen molar-refractivity contribution in [3.63, 3.8) is 0 Å². The molecule has 0 aromatic heterocycles. The second kappa shape index (κ2) is 3.94. The lowest BCUT2D eigenvalue weighted by molar-refractivity contribution is 0.193. The molecule has 1 unspecified atom stereocenters. The Bertz CT molecular complexity index is 313. The maximum atomic E-state index is 13.3. The molecular weight excluding hydrogens is 195 g/mol. The van der Waals surface area contributed by atoms with Crippen LogP contribution in [0.5, 0.6) is 5.75 Å². The number of hydrogen-bond donors (Lipinski definition) is 1. The standard InChI is InChI=1S/C9H10ClFO2/c1-5(12)6-3-4-7(10)8(11)9(6)13-2/h3-5,12H,1-2H3. The van der Waals surface area contributed by atoms with Gasteiger partial charge in [0.1, 0.15) is 0 Å². The lowest BCUT2D eigenvalue weighted by Crippen LogP contribution is -1.99. The van der Waals surface area contributed by atoms with Gasteiger partial charge in [-0.25, -0.2) is 4.39 Å². The smallest absolute Gasteiger partial charge is 0.183 e. The predicted molar refractivity (Wildman–Crippen MR) is 48.6 cm³/mol. The molecule has 2 nitrogen and oxygen atoms in total. The zero-order chi connectivity index (χ0) is 10.0. The van der Waals surface area contributed by atoms with Gasteiger partial charge < -0.3 is 9.84 Å². The molecule has 0 heterocycles. The molecule has 72 valence electrons. The number of benzene rings is 1. The second-order valence-electron chi connectivity index (χ2n) is 2.66. The number of halogens is 2. The van der Waals surface area contributed by atoms with E-state index in [2.05, 4.69) is 0 Å². The minimum Gasteiger partial charge on any atom is -0.493 e. The molecule has 0 aliphatic heterocycles. The van der Waals surface area contributed by atoms with Crippen LogP contribution in [0.3, 0.4) is 0 Å². The third kappa shape index (κ3) is 1.92. The first-order valence-electron chi connectivity index (χ1n) is 3.78. The van der Waals surface area contributed by atoms with Gasteiger partial charge in [0.25, 0.3) is 0 Å². The summed E-state index contributed by atoms with van der Waals surface area (Å²) < 4.78 is 18.1. The highest BCUT2D eigenvalue weighted by molar-refractivity contribution is 6.30. The van der Waals surface area contributed by atoms with Gasteiger partial charge in [-0.05, 0) is 13.0 Å². The Hall–Kier alpha value is -0.800. The molecule has 0 aliphatic carbocycles. The van der Waals surface area contributed by atoms with Crippen LogP contribution >= 0.6 is 11.6 Å². The van der Waals surface area contributed by atoms with E-state index >= 15 is 0 Å². The van der Waals surface area contributed by atoms with E-state index in [0.29, 0.717) is 5.56 Å². The second-order valence-corrected chi connectivity index (χ2v) is 3.07. The van der Waals surface area contributed by atoms with Crippen molar-refractivity contribution in [1.29, 1.82) is 0 Å². The highest BCUT2D eigenvalue weighted by Crippen LogP contribution is 2.32. The lowest BCUT2D eigenvalue weighted by Gasteiger charge is -2.11. The van der Waals surface area contributed by atoms with E-state index in [0.717, 1.165) is 0 Å². The largest absolute Gasteiger partial charge is 0.493 e. The van der Waals surface area contributed by atoms with Crippen molar-refractivity contribution in [2.45, 2.75) is 13.0 Å². The van der Waals surface area contributed by atoms with Gasteiger partial charge in [0.15, 0.2) is 11.6 Å². The van der Waals surface area contributed by atoms with Gasteiger partial charge in [-0.15, -0.1) is 0 Å². The summed E-state index contributed by atoms with van der Waals surface area (Å²) in [5, 5.41) is 9.25.